The molecule has 1 saturated heterocycles. The van der Waals surface area contributed by atoms with Gasteiger partial charge in [-0.25, -0.2) is 4.98 Å². The van der Waals surface area contributed by atoms with Crippen LogP contribution < -0.4 is 15.5 Å². The van der Waals surface area contributed by atoms with Crippen molar-refractivity contribution in [3.8, 4) is 0 Å². The second kappa shape index (κ2) is 10.2. The molecule has 172 valence electrons. The number of nitrogens with zero attached hydrogens (tertiary/aromatic N) is 3. The normalized spacial score (nSPS) is 13.8. The van der Waals surface area contributed by atoms with E-state index in [-0.39, 0.29) is 25.0 Å². The third kappa shape index (κ3) is 5.02. The standard InChI is InChI=1S/C23H25N5O5/c29-9-2-7-28-20-6-5-18(27-8-10-33-14-21(27)31)12-19(20)25-23(28)26-22(32)17-4-1-3-16(11-17)13-24-15-30/h1,3-6,11-12,15,29H,2,7-10,13-14H2,(H,24,30)(H,25,26,32). The molecule has 2 aromatic carbocycles. The van der Waals surface area contributed by atoms with E-state index in [9.17, 15) is 19.5 Å². The molecule has 0 radical (unpaired) electrons. The second-order valence-electron chi connectivity index (χ2n) is 7.59. The number of fused-ring (bicyclic) bond motifs is 1. The number of carbonyl (C=O) groups excluding carboxylic acids is 3. The van der Waals surface area contributed by atoms with E-state index in [2.05, 4.69) is 15.6 Å². The van der Waals surface area contributed by atoms with Gasteiger partial charge in [0.05, 0.1) is 17.6 Å². The summed E-state index contributed by atoms with van der Waals surface area (Å²) in [6, 6.07) is 12.5. The highest BCUT2D eigenvalue weighted by Crippen LogP contribution is 2.26. The van der Waals surface area contributed by atoms with Crippen molar-refractivity contribution >= 4 is 40.9 Å². The first-order chi connectivity index (χ1) is 16.1. The number of hydrogen-bond donors (Lipinski definition) is 3. The Kier molecular flexibility index (Phi) is 6.96. The van der Waals surface area contributed by atoms with E-state index in [4.69, 9.17) is 4.74 Å². The number of benzene rings is 2. The molecule has 3 aromatic rings. The van der Waals surface area contributed by atoms with Gasteiger partial charge in [-0.1, -0.05) is 12.1 Å². The summed E-state index contributed by atoms with van der Waals surface area (Å²) in [7, 11) is 0. The van der Waals surface area contributed by atoms with Crippen molar-refractivity contribution in [1.29, 1.82) is 0 Å². The number of imidazole rings is 1. The van der Waals surface area contributed by atoms with Crippen LogP contribution in [0.3, 0.4) is 0 Å². The lowest BCUT2D eigenvalue weighted by Gasteiger charge is -2.26. The van der Waals surface area contributed by atoms with Crippen LogP contribution >= 0.6 is 0 Å². The molecule has 33 heavy (non-hydrogen) atoms. The van der Waals surface area contributed by atoms with Crippen molar-refractivity contribution in [2.45, 2.75) is 19.5 Å². The van der Waals surface area contributed by atoms with Crippen LogP contribution in [0.5, 0.6) is 0 Å². The summed E-state index contributed by atoms with van der Waals surface area (Å²) in [4.78, 5) is 41.9. The Morgan fingerprint density at radius 1 is 1.24 bits per heavy atom. The van der Waals surface area contributed by atoms with Crippen LogP contribution in [0.1, 0.15) is 22.3 Å². The fraction of sp³-hybridized carbons (Fsp3) is 0.304. The number of rotatable bonds is 9. The van der Waals surface area contributed by atoms with Gasteiger partial charge in [-0.15, -0.1) is 0 Å². The molecule has 0 saturated carbocycles. The summed E-state index contributed by atoms with van der Waals surface area (Å²) in [5.41, 5.74) is 3.36. The fourth-order valence-electron chi connectivity index (χ4n) is 3.78. The predicted molar refractivity (Wildman–Crippen MR) is 122 cm³/mol. The molecule has 1 aliphatic heterocycles. The predicted octanol–water partition coefficient (Wildman–Crippen LogP) is 1.28. The van der Waals surface area contributed by atoms with E-state index in [1.807, 2.05) is 28.8 Å². The van der Waals surface area contributed by atoms with Gasteiger partial charge in [-0.05, 0) is 42.3 Å². The number of aliphatic hydroxyl groups is 1. The third-order valence-corrected chi connectivity index (χ3v) is 5.37. The Balaban J connectivity index is 1.63. The summed E-state index contributed by atoms with van der Waals surface area (Å²) >= 11 is 0. The third-order valence-electron chi connectivity index (χ3n) is 5.37. The van der Waals surface area contributed by atoms with Gasteiger partial charge in [0.15, 0.2) is 0 Å². The van der Waals surface area contributed by atoms with Crippen molar-refractivity contribution in [3.05, 3.63) is 53.6 Å². The molecule has 0 unspecified atom stereocenters. The maximum Gasteiger partial charge on any atom is 0.257 e. The average molecular weight is 451 g/mol. The molecule has 3 N–H and O–H groups in total. The Morgan fingerprint density at radius 3 is 2.91 bits per heavy atom. The van der Waals surface area contributed by atoms with Crippen molar-refractivity contribution in [2.24, 2.45) is 0 Å². The van der Waals surface area contributed by atoms with Crippen LogP contribution in [-0.2, 0) is 27.4 Å². The molecular formula is C23H25N5O5. The molecule has 10 nitrogen and oxygen atoms in total. The lowest BCUT2D eigenvalue weighted by molar-refractivity contribution is -0.125. The number of hydrogen-bond acceptors (Lipinski definition) is 6. The minimum absolute atomic E-state index is 0.000793. The average Bonchev–Trinajstić information content (AvgIpc) is 3.17. The molecule has 10 heteroatoms. The fourth-order valence-corrected chi connectivity index (χ4v) is 3.78. The van der Waals surface area contributed by atoms with E-state index in [0.717, 1.165) is 16.8 Å². The quantitative estimate of drug-likeness (QED) is 0.421. The van der Waals surface area contributed by atoms with Crippen molar-refractivity contribution in [3.63, 3.8) is 0 Å². The molecule has 0 bridgehead atoms. The highest BCUT2D eigenvalue weighted by Gasteiger charge is 2.22. The first-order valence-corrected chi connectivity index (χ1v) is 10.7. The molecule has 4 rings (SSSR count). The molecule has 1 aliphatic rings. The topological polar surface area (TPSA) is 126 Å². The van der Waals surface area contributed by atoms with Crippen LogP contribution in [0.15, 0.2) is 42.5 Å². The van der Waals surface area contributed by atoms with Crippen LogP contribution in [0, 0.1) is 0 Å². The number of carbonyl (C=O) groups is 3. The lowest BCUT2D eigenvalue weighted by Crippen LogP contribution is -2.41. The van der Waals surface area contributed by atoms with Gasteiger partial charge in [0.1, 0.15) is 6.61 Å². The number of ether oxygens (including phenoxy) is 1. The highest BCUT2D eigenvalue weighted by atomic mass is 16.5. The molecule has 3 amide bonds. The molecule has 2 heterocycles. The zero-order valence-corrected chi connectivity index (χ0v) is 18.0. The number of anilines is 2. The van der Waals surface area contributed by atoms with E-state index >= 15 is 0 Å². The second-order valence-corrected chi connectivity index (χ2v) is 7.59. The maximum absolute atomic E-state index is 12.9. The number of nitrogens with one attached hydrogen (secondary N) is 2. The molecule has 0 spiro atoms. The number of aliphatic hydroxyl groups excluding tert-OH is 1. The van der Waals surface area contributed by atoms with Crippen LogP contribution in [0.2, 0.25) is 0 Å². The first-order valence-electron chi connectivity index (χ1n) is 10.7. The van der Waals surface area contributed by atoms with Gasteiger partial charge < -0.3 is 24.6 Å². The molecule has 0 atom stereocenters. The van der Waals surface area contributed by atoms with Gasteiger partial charge >= 0.3 is 0 Å². The van der Waals surface area contributed by atoms with Gasteiger partial charge in [-0.2, -0.15) is 0 Å². The molecule has 1 fully saturated rings. The minimum atomic E-state index is -0.341. The number of morpholine rings is 1. The van der Waals surface area contributed by atoms with Crippen molar-refractivity contribution in [1.82, 2.24) is 14.9 Å². The zero-order valence-electron chi connectivity index (χ0n) is 18.0. The van der Waals surface area contributed by atoms with Crippen LogP contribution in [0.25, 0.3) is 11.0 Å². The van der Waals surface area contributed by atoms with E-state index < -0.39 is 0 Å². The SMILES string of the molecule is O=CNCc1cccc(C(=O)Nc2nc3cc(N4CCOCC4=O)ccc3n2CCCO)c1. The number of amides is 3. The lowest BCUT2D eigenvalue weighted by atomic mass is 10.1. The molecule has 1 aromatic heterocycles. The highest BCUT2D eigenvalue weighted by molar-refractivity contribution is 6.04. The Labute approximate surface area is 190 Å². The van der Waals surface area contributed by atoms with Gasteiger partial charge in [0, 0.05) is 37.5 Å². The van der Waals surface area contributed by atoms with Crippen molar-refractivity contribution < 1.29 is 24.2 Å². The Hall–Kier alpha value is -3.76. The maximum atomic E-state index is 12.9. The minimum Gasteiger partial charge on any atom is -0.396 e. The number of aromatic nitrogens is 2. The summed E-state index contributed by atoms with van der Waals surface area (Å²) in [5, 5.41) is 14.8. The molecule has 0 aliphatic carbocycles. The summed E-state index contributed by atoms with van der Waals surface area (Å²) in [6.45, 7) is 1.77. The monoisotopic (exact) mass is 451 g/mol. The Bertz CT molecular complexity index is 1180. The van der Waals surface area contributed by atoms with Gasteiger partial charge in [0.2, 0.25) is 12.4 Å². The van der Waals surface area contributed by atoms with E-state index in [1.54, 1.807) is 23.1 Å². The van der Waals surface area contributed by atoms with Gasteiger partial charge in [0.25, 0.3) is 11.8 Å². The summed E-state index contributed by atoms with van der Waals surface area (Å²) < 4.78 is 7.04. The smallest absolute Gasteiger partial charge is 0.257 e. The van der Waals surface area contributed by atoms with Crippen molar-refractivity contribution in [2.75, 3.05) is 36.6 Å². The van der Waals surface area contributed by atoms with Crippen LogP contribution in [0.4, 0.5) is 11.6 Å². The summed E-state index contributed by atoms with van der Waals surface area (Å²) in [5.74, 6) is -0.102. The Morgan fingerprint density at radius 2 is 2.12 bits per heavy atom. The first kappa shape index (κ1) is 22.4. The summed E-state index contributed by atoms with van der Waals surface area (Å²) in [6.07, 6.45) is 1.10. The number of aryl methyl sites for hydroxylation is 1. The molecular weight excluding hydrogens is 426 g/mol. The van der Waals surface area contributed by atoms with E-state index in [0.29, 0.717) is 56.1 Å². The van der Waals surface area contributed by atoms with Crippen LogP contribution in [-0.4, -0.2) is 59.2 Å². The van der Waals surface area contributed by atoms with E-state index in [1.165, 1.54) is 0 Å². The largest absolute Gasteiger partial charge is 0.396 e. The van der Waals surface area contributed by atoms with Gasteiger partial charge in [-0.3, -0.25) is 19.7 Å². The zero-order chi connectivity index (χ0) is 23.2.